The smallest absolute Gasteiger partial charge is 0.422 e. The van der Waals surface area contributed by atoms with Gasteiger partial charge in [0.1, 0.15) is 12.9 Å². The van der Waals surface area contributed by atoms with E-state index in [4.69, 9.17) is 5.11 Å². The number of rotatable bonds is 4. The van der Waals surface area contributed by atoms with E-state index < -0.39 is 30.1 Å². The number of carboxylic acid groups (broad SMARTS) is 1. The Morgan fingerprint density at radius 1 is 1.44 bits per heavy atom. The number of aliphatic carboxylic acids is 1. The number of halogens is 3. The molecule has 1 atom stereocenters. The van der Waals surface area contributed by atoms with Gasteiger partial charge in [-0.1, -0.05) is 0 Å². The van der Waals surface area contributed by atoms with E-state index in [2.05, 4.69) is 15.5 Å². The van der Waals surface area contributed by atoms with Gasteiger partial charge in [0.2, 0.25) is 11.4 Å². The lowest BCUT2D eigenvalue weighted by Crippen LogP contribution is -2.62. The van der Waals surface area contributed by atoms with E-state index in [-0.39, 0.29) is 0 Å². The van der Waals surface area contributed by atoms with Gasteiger partial charge in [0.25, 0.3) is 0 Å². The van der Waals surface area contributed by atoms with Gasteiger partial charge < -0.3 is 10.4 Å². The Balaban J connectivity index is 2.80. The molecule has 0 radical (unpaired) electrons. The Morgan fingerprint density at radius 2 is 2.06 bits per heavy atom. The molecule has 18 heavy (non-hydrogen) atoms. The molecule has 1 aromatic heterocycles. The fourth-order valence-electron chi connectivity index (χ4n) is 0.964. The van der Waals surface area contributed by atoms with Gasteiger partial charge in [-0.3, -0.25) is 4.79 Å². The first-order valence-corrected chi connectivity index (χ1v) is 4.48. The number of alkyl halides is 3. The van der Waals surface area contributed by atoms with E-state index >= 15 is 0 Å². The summed E-state index contributed by atoms with van der Waals surface area (Å²) in [6.07, 6.45) is -4.12. The highest BCUT2D eigenvalue weighted by atomic mass is 19.4. The van der Waals surface area contributed by atoms with Crippen LogP contribution in [0.15, 0.2) is 6.33 Å². The van der Waals surface area contributed by atoms with Gasteiger partial charge in [-0.15, -0.1) is 5.10 Å². The molecular formula is C7H8F3N5O3. The van der Waals surface area contributed by atoms with Crippen LogP contribution in [-0.4, -0.2) is 48.9 Å². The van der Waals surface area contributed by atoms with Gasteiger partial charge in [0.05, 0.1) is 0 Å². The second kappa shape index (κ2) is 4.58. The van der Waals surface area contributed by atoms with Crippen molar-refractivity contribution in [1.29, 1.82) is 0 Å². The molecule has 0 saturated heterocycles. The van der Waals surface area contributed by atoms with Crippen LogP contribution in [0, 0.1) is 0 Å². The number of nitrogens with zero attached hydrogens (tertiary/aromatic N) is 4. The number of carboxylic acids is 1. The molecule has 1 heterocycles. The number of nitrogens with one attached hydrogen (secondary N) is 1. The molecule has 100 valence electrons. The van der Waals surface area contributed by atoms with Crippen molar-refractivity contribution in [2.24, 2.45) is 0 Å². The molecule has 8 nitrogen and oxygen atoms in total. The Morgan fingerprint density at radius 3 is 2.44 bits per heavy atom. The number of tetrazole rings is 1. The summed E-state index contributed by atoms with van der Waals surface area (Å²) in [5, 5.41) is 19.6. The summed E-state index contributed by atoms with van der Waals surface area (Å²) in [7, 11) is 0. The van der Waals surface area contributed by atoms with Gasteiger partial charge in [0, 0.05) is 0 Å². The third kappa shape index (κ3) is 2.73. The summed E-state index contributed by atoms with van der Waals surface area (Å²) in [4.78, 5) is 21.9. The van der Waals surface area contributed by atoms with Gasteiger partial charge in [-0.05, 0) is 17.4 Å². The molecule has 0 bridgehead atoms. The summed E-state index contributed by atoms with van der Waals surface area (Å²) < 4.78 is 38.5. The first-order chi connectivity index (χ1) is 8.17. The second-order valence-electron chi connectivity index (χ2n) is 3.48. The van der Waals surface area contributed by atoms with Crippen molar-refractivity contribution >= 4 is 11.9 Å². The maximum Gasteiger partial charge on any atom is 0.422 e. The predicted molar refractivity (Wildman–Crippen MR) is 48.1 cm³/mol. The minimum absolute atomic E-state index is 0.354. The van der Waals surface area contributed by atoms with Crippen LogP contribution in [0.4, 0.5) is 13.2 Å². The molecule has 2 N–H and O–H groups in total. The zero-order valence-corrected chi connectivity index (χ0v) is 8.97. The molecule has 0 saturated carbocycles. The van der Waals surface area contributed by atoms with Gasteiger partial charge in [0.15, 0.2) is 0 Å². The van der Waals surface area contributed by atoms with Crippen molar-refractivity contribution in [1.82, 2.24) is 25.5 Å². The quantitative estimate of drug-likeness (QED) is 0.738. The van der Waals surface area contributed by atoms with Crippen LogP contribution in [0.3, 0.4) is 0 Å². The van der Waals surface area contributed by atoms with Crippen molar-refractivity contribution in [2.75, 3.05) is 0 Å². The van der Waals surface area contributed by atoms with Crippen LogP contribution < -0.4 is 5.32 Å². The number of carbonyl (C=O) groups excluding carboxylic acids is 1. The summed E-state index contributed by atoms with van der Waals surface area (Å²) in [6, 6.07) is 0. The molecule has 1 amide bonds. The summed E-state index contributed by atoms with van der Waals surface area (Å²) in [5.74, 6) is -3.38. The lowest BCUT2D eigenvalue weighted by atomic mass is 10.0. The minimum atomic E-state index is -5.13. The second-order valence-corrected chi connectivity index (χ2v) is 3.48. The first kappa shape index (κ1) is 13.9. The number of aromatic nitrogens is 4. The van der Waals surface area contributed by atoms with Gasteiger partial charge in [-0.2, -0.15) is 13.2 Å². The normalized spacial score (nSPS) is 14.9. The molecule has 0 aromatic carbocycles. The van der Waals surface area contributed by atoms with E-state index in [0.717, 1.165) is 11.0 Å². The highest BCUT2D eigenvalue weighted by Crippen LogP contribution is 2.30. The molecule has 0 fully saturated rings. The average molecular weight is 267 g/mol. The van der Waals surface area contributed by atoms with Crippen molar-refractivity contribution in [3.05, 3.63) is 6.33 Å². The molecule has 11 heteroatoms. The van der Waals surface area contributed by atoms with E-state index in [0.29, 0.717) is 6.92 Å². The maximum absolute atomic E-state index is 12.6. The van der Waals surface area contributed by atoms with Crippen LogP contribution in [0.5, 0.6) is 0 Å². The van der Waals surface area contributed by atoms with Gasteiger partial charge in [-0.25, -0.2) is 9.48 Å². The third-order valence-electron chi connectivity index (χ3n) is 2.08. The largest absolute Gasteiger partial charge is 0.479 e. The van der Waals surface area contributed by atoms with Crippen LogP contribution in [0.1, 0.15) is 6.92 Å². The summed E-state index contributed by atoms with van der Waals surface area (Å²) in [6.45, 7) is -0.265. The number of hydrogen-bond acceptors (Lipinski definition) is 5. The Labute approximate surface area is 97.8 Å². The molecule has 0 aliphatic carbocycles. The molecule has 1 rings (SSSR count). The minimum Gasteiger partial charge on any atom is -0.479 e. The summed E-state index contributed by atoms with van der Waals surface area (Å²) >= 11 is 0. The van der Waals surface area contributed by atoms with Crippen LogP contribution in [0.25, 0.3) is 0 Å². The fraction of sp³-hybridized carbons (Fsp3) is 0.571. The summed E-state index contributed by atoms with van der Waals surface area (Å²) in [5.41, 5.74) is -3.36. The zero-order valence-electron chi connectivity index (χ0n) is 8.97. The lowest BCUT2D eigenvalue weighted by molar-refractivity contribution is -0.207. The molecular weight excluding hydrogens is 259 g/mol. The van der Waals surface area contributed by atoms with Gasteiger partial charge >= 0.3 is 12.1 Å². The van der Waals surface area contributed by atoms with E-state index in [1.54, 1.807) is 0 Å². The molecule has 0 spiro atoms. The SMILES string of the molecule is CC(NC(=O)Cn1cnnn1)(C(=O)O)C(F)(F)F. The predicted octanol–water partition coefficient (Wildman–Crippen LogP) is -0.805. The third-order valence-corrected chi connectivity index (χ3v) is 2.08. The first-order valence-electron chi connectivity index (χ1n) is 4.48. The van der Waals surface area contributed by atoms with Crippen molar-refractivity contribution < 1.29 is 27.9 Å². The Bertz CT molecular complexity index is 446. The topological polar surface area (TPSA) is 110 Å². The lowest BCUT2D eigenvalue weighted by Gasteiger charge is -2.28. The molecule has 0 aliphatic rings. The standard InChI is InChI=1S/C7H8F3N5O3/c1-6(5(17)18,7(8,9)10)12-4(16)2-15-3-11-13-14-15/h3H,2H2,1H3,(H,12,16)(H,17,18). The zero-order chi connectivity index (χ0) is 14.0. The number of carbonyl (C=O) groups is 2. The van der Waals surface area contributed by atoms with Crippen molar-refractivity contribution in [3.63, 3.8) is 0 Å². The van der Waals surface area contributed by atoms with E-state index in [9.17, 15) is 22.8 Å². The highest BCUT2D eigenvalue weighted by molar-refractivity contribution is 5.87. The van der Waals surface area contributed by atoms with Crippen LogP contribution in [0.2, 0.25) is 0 Å². The highest BCUT2D eigenvalue weighted by Gasteiger charge is 2.58. The van der Waals surface area contributed by atoms with Crippen molar-refractivity contribution in [2.45, 2.75) is 25.2 Å². The Kier molecular flexibility index (Phi) is 3.53. The Hall–Kier alpha value is -2.20. The fourth-order valence-corrected chi connectivity index (χ4v) is 0.964. The maximum atomic E-state index is 12.6. The van der Waals surface area contributed by atoms with E-state index in [1.165, 1.54) is 5.32 Å². The number of hydrogen-bond donors (Lipinski definition) is 2. The van der Waals surface area contributed by atoms with Crippen molar-refractivity contribution in [3.8, 4) is 0 Å². The number of amides is 1. The molecule has 1 aromatic rings. The van der Waals surface area contributed by atoms with Crippen LogP contribution >= 0.6 is 0 Å². The average Bonchev–Trinajstić information content (AvgIpc) is 2.67. The monoisotopic (exact) mass is 267 g/mol. The van der Waals surface area contributed by atoms with Crippen LogP contribution in [-0.2, 0) is 16.1 Å². The van der Waals surface area contributed by atoms with E-state index in [1.807, 2.05) is 0 Å². The molecule has 1 unspecified atom stereocenters. The molecule has 0 aliphatic heterocycles.